The molecule has 2 aromatic heterocycles. The fourth-order valence-corrected chi connectivity index (χ4v) is 3.61. The maximum absolute atomic E-state index is 13.1. The molecule has 1 aliphatic rings. The van der Waals surface area contributed by atoms with Crippen LogP contribution in [0.4, 0.5) is 11.5 Å². The van der Waals surface area contributed by atoms with E-state index >= 15 is 0 Å². The number of carbonyl (C=O) groups excluding carboxylic acids is 2. The second-order valence-corrected chi connectivity index (χ2v) is 6.67. The van der Waals surface area contributed by atoms with Crippen molar-refractivity contribution in [1.29, 1.82) is 0 Å². The molecule has 1 aromatic carbocycles. The molecule has 0 aliphatic carbocycles. The number of hydrogen-bond acceptors (Lipinski definition) is 5. The largest absolute Gasteiger partial charge is 0.383 e. The van der Waals surface area contributed by atoms with Gasteiger partial charge in [-0.3, -0.25) is 9.59 Å². The van der Waals surface area contributed by atoms with Gasteiger partial charge in [0.25, 0.3) is 0 Å². The fraction of sp³-hybridized carbons (Fsp3) is 0.158. The Morgan fingerprint density at radius 1 is 1.15 bits per heavy atom. The molecule has 3 heterocycles. The Morgan fingerprint density at radius 2 is 1.89 bits per heavy atom. The average molecular weight is 382 g/mol. The van der Waals surface area contributed by atoms with Gasteiger partial charge >= 0.3 is 0 Å². The quantitative estimate of drug-likeness (QED) is 0.704. The van der Waals surface area contributed by atoms with Crippen LogP contribution < -0.4 is 10.6 Å². The number of anilines is 2. The van der Waals surface area contributed by atoms with E-state index in [1.807, 2.05) is 6.07 Å². The average Bonchev–Trinajstić information content (AvgIpc) is 3.11. The number of halogens is 1. The summed E-state index contributed by atoms with van der Waals surface area (Å²) >= 11 is 6.18. The first kappa shape index (κ1) is 17.2. The summed E-state index contributed by atoms with van der Waals surface area (Å²) in [5.74, 6) is -0.528. The third-order valence-corrected chi connectivity index (χ3v) is 4.92. The van der Waals surface area contributed by atoms with Gasteiger partial charge in [-0.15, -0.1) is 0 Å². The van der Waals surface area contributed by atoms with E-state index in [4.69, 9.17) is 17.3 Å². The predicted octanol–water partition coefficient (Wildman–Crippen LogP) is 2.86. The molecule has 3 aromatic rings. The van der Waals surface area contributed by atoms with E-state index in [-0.39, 0.29) is 18.2 Å². The number of rotatable bonds is 3. The molecule has 0 saturated carbocycles. The van der Waals surface area contributed by atoms with Crippen molar-refractivity contribution in [3.63, 3.8) is 0 Å². The van der Waals surface area contributed by atoms with Crippen LogP contribution in [0.25, 0.3) is 5.82 Å². The number of nitrogens with two attached hydrogens (primary N) is 1. The Balaban J connectivity index is 1.75. The molecule has 0 radical (unpaired) electrons. The SMILES string of the molecule is Cc1nn(-c2ccccn2)c(N)c1C1CC(=O)N(c2ccccc2Cl)C1=O. The summed E-state index contributed by atoms with van der Waals surface area (Å²) < 4.78 is 1.49. The molecule has 136 valence electrons. The number of hydrogen-bond donors (Lipinski definition) is 1. The zero-order valence-corrected chi connectivity index (χ0v) is 15.2. The minimum atomic E-state index is -0.703. The van der Waals surface area contributed by atoms with E-state index in [0.29, 0.717) is 33.6 Å². The number of nitrogen functional groups attached to an aromatic ring is 1. The molecule has 2 amide bonds. The van der Waals surface area contributed by atoms with Crippen LogP contribution in [-0.4, -0.2) is 26.6 Å². The fourth-order valence-electron chi connectivity index (χ4n) is 3.39. The zero-order valence-electron chi connectivity index (χ0n) is 14.5. The molecule has 0 bridgehead atoms. The van der Waals surface area contributed by atoms with Gasteiger partial charge in [0.15, 0.2) is 5.82 Å². The Hall–Kier alpha value is -3.19. The summed E-state index contributed by atoms with van der Waals surface area (Å²) in [6.45, 7) is 1.76. The number of aromatic nitrogens is 3. The smallest absolute Gasteiger partial charge is 0.242 e. The van der Waals surface area contributed by atoms with Crippen LogP contribution in [0.2, 0.25) is 5.02 Å². The first-order chi connectivity index (χ1) is 13.0. The van der Waals surface area contributed by atoms with Gasteiger partial charge in [-0.2, -0.15) is 9.78 Å². The van der Waals surface area contributed by atoms with Gasteiger partial charge in [0.2, 0.25) is 11.8 Å². The summed E-state index contributed by atoms with van der Waals surface area (Å²) in [7, 11) is 0. The van der Waals surface area contributed by atoms with Crippen molar-refractivity contribution in [2.75, 3.05) is 10.6 Å². The molecule has 2 N–H and O–H groups in total. The second-order valence-electron chi connectivity index (χ2n) is 6.26. The van der Waals surface area contributed by atoms with Crippen LogP contribution in [-0.2, 0) is 9.59 Å². The van der Waals surface area contributed by atoms with Gasteiger partial charge in [-0.1, -0.05) is 29.8 Å². The Kier molecular flexibility index (Phi) is 4.16. The van der Waals surface area contributed by atoms with E-state index in [1.54, 1.807) is 49.5 Å². The molecular weight excluding hydrogens is 366 g/mol. The number of pyridine rings is 1. The van der Waals surface area contributed by atoms with Crippen molar-refractivity contribution < 1.29 is 9.59 Å². The molecule has 4 rings (SSSR count). The topological polar surface area (TPSA) is 94.1 Å². The standard InChI is InChI=1S/C19H16ClN5O2/c1-11-17(18(21)25(23-11)15-8-4-5-9-22-15)12-10-16(26)24(19(12)27)14-7-3-2-6-13(14)20/h2-9,12H,10,21H2,1H3. The molecule has 8 heteroatoms. The normalized spacial score (nSPS) is 17.0. The van der Waals surface area contributed by atoms with Crippen LogP contribution in [0.1, 0.15) is 23.6 Å². The van der Waals surface area contributed by atoms with Crippen molar-refractivity contribution in [3.8, 4) is 5.82 Å². The minimum absolute atomic E-state index is 0.0169. The summed E-state index contributed by atoms with van der Waals surface area (Å²) in [5, 5.41) is 4.76. The molecule has 0 spiro atoms. The Bertz CT molecular complexity index is 1050. The van der Waals surface area contributed by atoms with Crippen LogP contribution in [0.3, 0.4) is 0 Å². The summed E-state index contributed by atoms with van der Waals surface area (Å²) in [6.07, 6.45) is 1.65. The lowest BCUT2D eigenvalue weighted by molar-refractivity contribution is -0.121. The lowest BCUT2D eigenvalue weighted by atomic mass is 9.97. The summed E-state index contributed by atoms with van der Waals surface area (Å²) in [4.78, 5) is 31.0. The third-order valence-electron chi connectivity index (χ3n) is 4.60. The van der Waals surface area contributed by atoms with E-state index in [0.717, 1.165) is 4.90 Å². The highest BCUT2D eigenvalue weighted by Crippen LogP contribution is 2.39. The Morgan fingerprint density at radius 3 is 2.59 bits per heavy atom. The molecule has 1 unspecified atom stereocenters. The van der Waals surface area contributed by atoms with E-state index in [9.17, 15) is 9.59 Å². The van der Waals surface area contributed by atoms with Crippen LogP contribution >= 0.6 is 11.6 Å². The van der Waals surface area contributed by atoms with Gasteiger partial charge < -0.3 is 5.73 Å². The van der Waals surface area contributed by atoms with Gasteiger partial charge in [0.1, 0.15) is 5.82 Å². The number of carbonyl (C=O) groups is 2. The van der Waals surface area contributed by atoms with Crippen molar-refractivity contribution in [1.82, 2.24) is 14.8 Å². The van der Waals surface area contributed by atoms with Crippen LogP contribution in [0.5, 0.6) is 0 Å². The van der Waals surface area contributed by atoms with Crippen molar-refractivity contribution in [3.05, 3.63) is 64.9 Å². The first-order valence-electron chi connectivity index (χ1n) is 8.36. The van der Waals surface area contributed by atoms with Crippen LogP contribution in [0, 0.1) is 6.92 Å². The number of nitrogens with zero attached hydrogens (tertiary/aromatic N) is 4. The number of para-hydroxylation sites is 1. The highest BCUT2D eigenvalue weighted by molar-refractivity contribution is 6.36. The Labute approximate surface area is 160 Å². The third kappa shape index (κ3) is 2.76. The van der Waals surface area contributed by atoms with Crippen molar-refractivity contribution >= 4 is 34.9 Å². The van der Waals surface area contributed by atoms with E-state index in [2.05, 4.69) is 10.1 Å². The highest BCUT2D eigenvalue weighted by atomic mass is 35.5. The van der Waals surface area contributed by atoms with Gasteiger partial charge in [0, 0.05) is 18.2 Å². The molecule has 1 aliphatic heterocycles. The monoisotopic (exact) mass is 381 g/mol. The second kappa shape index (κ2) is 6.51. The first-order valence-corrected chi connectivity index (χ1v) is 8.74. The lowest BCUT2D eigenvalue weighted by Crippen LogP contribution is -2.30. The minimum Gasteiger partial charge on any atom is -0.383 e. The van der Waals surface area contributed by atoms with Gasteiger partial charge in [0.05, 0.1) is 22.3 Å². The summed E-state index contributed by atoms with van der Waals surface area (Å²) in [6, 6.07) is 12.1. The maximum atomic E-state index is 13.1. The number of aryl methyl sites for hydroxylation is 1. The lowest BCUT2D eigenvalue weighted by Gasteiger charge is -2.16. The maximum Gasteiger partial charge on any atom is 0.242 e. The van der Waals surface area contributed by atoms with E-state index < -0.39 is 5.92 Å². The van der Waals surface area contributed by atoms with Crippen molar-refractivity contribution in [2.45, 2.75) is 19.3 Å². The molecular formula is C19H16ClN5O2. The summed E-state index contributed by atoms with van der Waals surface area (Å²) in [5.41, 5.74) is 7.81. The predicted molar refractivity (Wildman–Crippen MR) is 102 cm³/mol. The highest BCUT2D eigenvalue weighted by Gasteiger charge is 2.43. The van der Waals surface area contributed by atoms with Crippen molar-refractivity contribution in [2.24, 2.45) is 0 Å². The van der Waals surface area contributed by atoms with E-state index in [1.165, 1.54) is 4.68 Å². The van der Waals surface area contributed by atoms with Crippen LogP contribution in [0.15, 0.2) is 48.7 Å². The number of amides is 2. The van der Waals surface area contributed by atoms with Gasteiger partial charge in [-0.05, 0) is 31.2 Å². The van der Waals surface area contributed by atoms with Gasteiger partial charge in [-0.25, -0.2) is 9.88 Å². The molecule has 1 atom stereocenters. The number of imide groups is 1. The molecule has 1 fully saturated rings. The number of benzene rings is 1. The molecule has 27 heavy (non-hydrogen) atoms. The molecule has 1 saturated heterocycles. The molecule has 7 nitrogen and oxygen atoms in total. The zero-order chi connectivity index (χ0) is 19.1.